The Morgan fingerprint density at radius 3 is 2.57 bits per heavy atom. The second kappa shape index (κ2) is 7.69. The van der Waals surface area contributed by atoms with E-state index in [2.05, 4.69) is 5.32 Å². The van der Waals surface area contributed by atoms with Crippen molar-refractivity contribution in [3.05, 3.63) is 58.9 Å². The van der Waals surface area contributed by atoms with Crippen LogP contribution in [0.25, 0.3) is 0 Å². The third-order valence-electron chi connectivity index (χ3n) is 4.51. The average molecular weight is 406 g/mol. The van der Waals surface area contributed by atoms with Gasteiger partial charge in [0, 0.05) is 5.69 Å². The van der Waals surface area contributed by atoms with Crippen molar-refractivity contribution in [1.29, 1.82) is 0 Å². The number of nitrogens with one attached hydrogen (secondary N) is 1. The molecule has 0 saturated carbocycles. The summed E-state index contributed by atoms with van der Waals surface area (Å²) in [6, 6.07) is 8.10. The highest BCUT2D eigenvalue weighted by Crippen LogP contribution is 2.25. The molecule has 0 fully saturated rings. The van der Waals surface area contributed by atoms with Gasteiger partial charge in [-0.3, -0.25) is 4.79 Å². The molecule has 0 unspecified atom stereocenters. The first kappa shape index (κ1) is 20.0. The molecule has 2 aromatic carbocycles. The van der Waals surface area contributed by atoms with E-state index in [1.54, 1.807) is 6.07 Å². The number of nitrogens with two attached hydrogens (primary N) is 1. The lowest BCUT2D eigenvalue weighted by atomic mass is 10.1. The number of hydrogen-bond acceptors (Lipinski definition) is 5. The summed E-state index contributed by atoms with van der Waals surface area (Å²) >= 11 is 0. The zero-order valence-corrected chi connectivity index (χ0v) is 15.9. The second-order valence-corrected chi connectivity index (χ2v) is 8.12. The number of sulfonamides is 1. The van der Waals surface area contributed by atoms with Crippen molar-refractivity contribution in [1.82, 2.24) is 0 Å². The Kier molecular flexibility index (Phi) is 5.48. The van der Waals surface area contributed by atoms with Gasteiger partial charge in [-0.05, 0) is 67.6 Å². The maximum absolute atomic E-state index is 13.9. The van der Waals surface area contributed by atoms with Crippen LogP contribution in [-0.2, 0) is 32.4 Å². The third kappa shape index (κ3) is 4.37. The van der Waals surface area contributed by atoms with E-state index in [-0.39, 0.29) is 0 Å². The molecule has 0 radical (unpaired) electrons. The summed E-state index contributed by atoms with van der Waals surface area (Å²) in [6.45, 7) is 1.34. The molecular formula is C19H19FN2O5S. The van der Waals surface area contributed by atoms with E-state index in [1.165, 1.54) is 18.1 Å². The third-order valence-corrected chi connectivity index (χ3v) is 5.42. The monoisotopic (exact) mass is 406 g/mol. The highest BCUT2D eigenvalue weighted by Gasteiger charge is 2.23. The number of amides is 1. The van der Waals surface area contributed by atoms with Crippen LogP contribution in [0.2, 0.25) is 0 Å². The van der Waals surface area contributed by atoms with E-state index in [4.69, 9.17) is 9.88 Å². The number of anilines is 1. The molecule has 9 heteroatoms. The lowest BCUT2D eigenvalue weighted by molar-refractivity contribution is -0.123. The van der Waals surface area contributed by atoms with Crippen LogP contribution < -0.4 is 10.5 Å². The number of aryl methyl sites for hydroxylation is 2. The standard InChI is InChI=1S/C19H19FN2O5S/c1-11(18(23)22-14-6-5-12-3-2-4-13(12)9-14)27-19(24)16-10-15(28(21,25)26)7-8-17(16)20/h5-11H,2-4H2,1H3,(H,22,23)(H2,21,25,26)/t11-/m1/s1. The van der Waals surface area contributed by atoms with Crippen LogP contribution in [0.4, 0.5) is 10.1 Å². The molecule has 1 aliphatic carbocycles. The molecular weight excluding hydrogens is 387 g/mol. The largest absolute Gasteiger partial charge is 0.449 e. The van der Waals surface area contributed by atoms with Crippen molar-refractivity contribution in [2.45, 2.75) is 37.2 Å². The van der Waals surface area contributed by atoms with Gasteiger partial charge in [-0.25, -0.2) is 22.7 Å². The predicted molar refractivity (Wildman–Crippen MR) is 99.7 cm³/mol. The first-order valence-corrected chi connectivity index (χ1v) is 10.2. The van der Waals surface area contributed by atoms with Gasteiger partial charge >= 0.3 is 5.97 Å². The number of carbonyl (C=O) groups excluding carboxylic acids is 2. The Morgan fingerprint density at radius 1 is 1.14 bits per heavy atom. The van der Waals surface area contributed by atoms with Gasteiger partial charge in [-0.15, -0.1) is 0 Å². The molecule has 0 bridgehead atoms. The van der Waals surface area contributed by atoms with Gasteiger partial charge in [-0.2, -0.15) is 0 Å². The number of benzene rings is 2. The van der Waals surface area contributed by atoms with Gasteiger partial charge in [0.2, 0.25) is 10.0 Å². The maximum atomic E-state index is 13.9. The van der Waals surface area contributed by atoms with Crippen molar-refractivity contribution >= 4 is 27.6 Å². The van der Waals surface area contributed by atoms with Crippen molar-refractivity contribution in [2.75, 3.05) is 5.32 Å². The van der Waals surface area contributed by atoms with Crippen LogP contribution in [0.15, 0.2) is 41.3 Å². The maximum Gasteiger partial charge on any atom is 0.341 e. The SMILES string of the molecule is C[C@@H](OC(=O)c1cc(S(N)(=O)=O)ccc1F)C(=O)Nc1ccc2c(c1)CCC2. The Morgan fingerprint density at radius 2 is 1.86 bits per heavy atom. The number of rotatable bonds is 5. The van der Waals surface area contributed by atoms with Crippen LogP contribution in [-0.4, -0.2) is 26.4 Å². The van der Waals surface area contributed by atoms with Crippen LogP contribution in [0.5, 0.6) is 0 Å². The zero-order valence-electron chi connectivity index (χ0n) is 15.1. The molecule has 2 aromatic rings. The second-order valence-electron chi connectivity index (χ2n) is 6.56. The highest BCUT2D eigenvalue weighted by atomic mass is 32.2. The summed E-state index contributed by atoms with van der Waals surface area (Å²) in [6.07, 6.45) is 1.81. The molecule has 1 amide bonds. The number of fused-ring (bicyclic) bond motifs is 1. The lowest BCUT2D eigenvalue weighted by Gasteiger charge is -2.14. The first-order valence-electron chi connectivity index (χ1n) is 8.61. The van der Waals surface area contributed by atoms with Gasteiger partial charge in [-0.1, -0.05) is 6.07 Å². The quantitative estimate of drug-likeness (QED) is 0.738. The van der Waals surface area contributed by atoms with Crippen LogP contribution in [0, 0.1) is 5.82 Å². The van der Waals surface area contributed by atoms with E-state index in [9.17, 15) is 22.4 Å². The number of esters is 1. The van der Waals surface area contributed by atoms with Crippen molar-refractivity contribution < 1.29 is 27.1 Å². The molecule has 0 heterocycles. The fourth-order valence-corrected chi connectivity index (χ4v) is 3.55. The summed E-state index contributed by atoms with van der Waals surface area (Å²) in [5.41, 5.74) is 2.38. The minimum absolute atomic E-state index is 0.434. The van der Waals surface area contributed by atoms with E-state index >= 15 is 0 Å². The molecule has 148 valence electrons. The summed E-state index contributed by atoms with van der Waals surface area (Å²) in [5.74, 6) is -2.74. The number of hydrogen-bond donors (Lipinski definition) is 2. The van der Waals surface area contributed by atoms with Crippen LogP contribution in [0.3, 0.4) is 0 Å². The average Bonchev–Trinajstić information content (AvgIpc) is 3.08. The summed E-state index contributed by atoms with van der Waals surface area (Å²) < 4.78 is 41.6. The van der Waals surface area contributed by atoms with Gasteiger partial charge in [0.05, 0.1) is 10.5 Å². The molecule has 0 spiro atoms. The number of carbonyl (C=O) groups is 2. The van der Waals surface area contributed by atoms with Gasteiger partial charge in [0.25, 0.3) is 5.91 Å². The Labute approximate surface area is 161 Å². The van der Waals surface area contributed by atoms with Crippen LogP contribution in [0.1, 0.15) is 34.8 Å². The minimum atomic E-state index is -4.12. The van der Waals surface area contributed by atoms with E-state index in [1.807, 2.05) is 12.1 Å². The predicted octanol–water partition coefficient (Wildman–Crippen LogP) is 2.15. The lowest BCUT2D eigenvalue weighted by Crippen LogP contribution is -2.30. The van der Waals surface area contributed by atoms with E-state index < -0.39 is 44.3 Å². The van der Waals surface area contributed by atoms with E-state index in [0.29, 0.717) is 5.69 Å². The smallest absolute Gasteiger partial charge is 0.341 e. The molecule has 1 aliphatic rings. The molecule has 28 heavy (non-hydrogen) atoms. The molecule has 3 N–H and O–H groups in total. The Hall–Kier alpha value is -2.78. The number of primary sulfonamides is 1. The Bertz CT molecular complexity index is 1050. The Balaban J connectivity index is 1.69. The fraction of sp³-hybridized carbons (Fsp3) is 0.263. The van der Waals surface area contributed by atoms with Crippen molar-refractivity contribution in [3.8, 4) is 0 Å². The summed E-state index contributed by atoms with van der Waals surface area (Å²) in [5, 5.41) is 7.64. The fourth-order valence-electron chi connectivity index (χ4n) is 3.01. The van der Waals surface area contributed by atoms with Gasteiger partial charge in [0.15, 0.2) is 6.10 Å². The van der Waals surface area contributed by atoms with Gasteiger partial charge < -0.3 is 10.1 Å². The molecule has 1 atom stereocenters. The molecule has 0 aromatic heterocycles. The number of halogens is 1. The van der Waals surface area contributed by atoms with E-state index in [0.717, 1.165) is 37.5 Å². The molecule has 0 saturated heterocycles. The normalized spacial score (nSPS) is 14.2. The molecule has 3 rings (SSSR count). The summed E-state index contributed by atoms with van der Waals surface area (Å²) in [4.78, 5) is 24.0. The highest BCUT2D eigenvalue weighted by molar-refractivity contribution is 7.89. The van der Waals surface area contributed by atoms with Crippen molar-refractivity contribution in [2.24, 2.45) is 5.14 Å². The topological polar surface area (TPSA) is 116 Å². The molecule has 7 nitrogen and oxygen atoms in total. The van der Waals surface area contributed by atoms with Crippen molar-refractivity contribution in [3.63, 3.8) is 0 Å². The summed E-state index contributed by atoms with van der Waals surface area (Å²) in [7, 11) is -4.12. The van der Waals surface area contributed by atoms with Gasteiger partial charge in [0.1, 0.15) is 5.82 Å². The number of ether oxygens (including phenoxy) is 1. The molecule has 0 aliphatic heterocycles. The minimum Gasteiger partial charge on any atom is -0.449 e. The zero-order chi connectivity index (χ0) is 20.5. The first-order chi connectivity index (χ1) is 13.1. The van der Waals surface area contributed by atoms with Crippen LogP contribution >= 0.6 is 0 Å².